The van der Waals surface area contributed by atoms with Crippen LogP contribution in [0, 0.1) is 13.8 Å². The van der Waals surface area contributed by atoms with E-state index < -0.39 is 5.97 Å². The zero-order valence-electron chi connectivity index (χ0n) is 17.0. The van der Waals surface area contributed by atoms with E-state index in [1.165, 1.54) is 0 Å². The number of methoxy groups -OCH3 is 1. The third kappa shape index (κ3) is 5.28. The van der Waals surface area contributed by atoms with Crippen LogP contribution < -0.4 is 9.47 Å². The second kappa shape index (κ2) is 9.82. The molecule has 0 aliphatic heterocycles. The van der Waals surface area contributed by atoms with Crippen LogP contribution in [0.5, 0.6) is 11.5 Å². The Kier molecular flexibility index (Phi) is 7.49. The summed E-state index contributed by atoms with van der Waals surface area (Å²) in [6, 6.07) is 7.14. The number of aryl methyl sites for hydroxylation is 2. The number of nitrogens with zero attached hydrogens (tertiary/aromatic N) is 1. The first kappa shape index (κ1) is 21.3. The number of carbonyl (C=O) groups is 2. The molecule has 2 aromatic rings. The summed E-state index contributed by atoms with van der Waals surface area (Å²) in [5.74, 6) is 1.52. The molecule has 0 radical (unpaired) electrons. The van der Waals surface area contributed by atoms with Gasteiger partial charge in [0.2, 0.25) is 0 Å². The fourth-order valence-electron chi connectivity index (χ4n) is 2.81. The second-order valence-electron chi connectivity index (χ2n) is 6.23. The van der Waals surface area contributed by atoms with Crippen molar-refractivity contribution in [1.82, 2.24) is 4.90 Å². The monoisotopic (exact) mass is 389 g/mol. The van der Waals surface area contributed by atoms with Crippen LogP contribution in [0.3, 0.4) is 0 Å². The Labute approximate surface area is 165 Å². The SMILES string of the molecule is CCOc1ccc(CN(CC)C(=O)COC(=O)c2cc(C)oc2C)cc1OC. The lowest BCUT2D eigenvalue weighted by molar-refractivity contribution is -0.134. The van der Waals surface area contributed by atoms with Crippen molar-refractivity contribution in [3.05, 3.63) is 46.9 Å². The quantitative estimate of drug-likeness (QED) is 0.611. The molecule has 1 amide bonds. The van der Waals surface area contributed by atoms with Crippen LogP contribution in [0.15, 0.2) is 28.7 Å². The molecule has 0 aliphatic rings. The summed E-state index contributed by atoms with van der Waals surface area (Å²) in [6.07, 6.45) is 0. The van der Waals surface area contributed by atoms with Crippen molar-refractivity contribution in [1.29, 1.82) is 0 Å². The van der Waals surface area contributed by atoms with Gasteiger partial charge in [-0.25, -0.2) is 4.79 Å². The Hall–Kier alpha value is -2.96. The van der Waals surface area contributed by atoms with Crippen LogP contribution in [0.2, 0.25) is 0 Å². The molecule has 1 heterocycles. The van der Waals surface area contributed by atoms with E-state index in [1.807, 2.05) is 32.0 Å². The van der Waals surface area contributed by atoms with Crippen LogP contribution >= 0.6 is 0 Å². The maximum absolute atomic E-state index is 12.5. The highest BCUT2D eigenvalue weighted by Crippen LogP contribution is 2.28. The number of amides is 1. The molecule has 152 valence electrons. The van der Waals surface area contributed by atoms with Gasteiger partial charge in [-0.2, -0.15) is 0 Å². The minimum Gasteiger partial charge on any atom is -0.493 e. The predicted octanol–water partition coefficient (Wildman–Crippen LogP) is 3.51. The average molecular weight is 389 g/mol. The molecule has 0 unspecified atom stereocenters. The van der Waals surface area contributed by atoms with E-state index in [9.17, 15) is 9.59 Å². The van der Waals surface area contributed by atoms with Crippen LogP contribution in [-0.4, -0.2) is 43.6 Å². The summed E-state index contributed by atoms with van der Waals surface area (Å²) in [4.78, 5) is 26.3. The van der Waals surface area contributed by atoms with E-state index in [4.69, 9.17) is 18.6 Å². The van der Waals surface area contributed by atoms with Crippen molar-refractivity contribution in [3.8, 4) is 11.5 Å². The van der Waals surface area contributed by atoms with Gasteiger partial charge in [0.1, 0.15) is 17.1 Å². The second-order valence-corrected chi connectivity index (χ2v) is 6.23. The van der Waals surface area contributed by atoms with Crippen LogP contribution in [0.4, 0.5) is 0 Å². The highest BCUT2D eigenvalue weighted by atomic mass is 16.5. The number of hydrogen-bond donors (Lipinski definition) is 0. The first-order valence-corrected chi connectivity index (χ1v) is 9.21. The van der Waals surface area contributed by atoms with Crippen LogP contribution in [-0.2, 0) is 16.1 Å². The fourth-order valence-corrected chi connectivity index (χ4v) is 2.81. The molecule has 0 bridgehead atoms. The van der Waals surface area contributed by atoms with Crippen molar-refractivity contribution in [2.75, 3.05) is 26.9 Å². The summed E-state index contributed by atoms with van der Waals surface area (Å²) < 4.78 is 21.3. The number of ether oxygens (including phenoxy) is 3. The first-order chi connectivity index (χ1) is 13.4. The van der Waals surface area contributed by atoms with Gasteiger partial charge in [0.25, 0.3) is 5.91 Å². The molecule has 0 aliphatic carbocycles. The molecule has 2 rings (SSSR count). The molecule has 0 atom stereocenters. The minimum atomic E-state index is -0.568. The van der Waals surface area contributed by atoms with Crippen molar-refractivity contribution in [3.63, 3.8) is 0 Å². The maximum Gasteiger partial charge on any atom is 0.342 e. The van der Waals surface area contributed by atoms with Crippen molar-refractivity contribution in [2.24, 2.45) is 0 Å². The summed E-state index contributed by atoms with van der Waals surface area (Å²) in [7, 11) is 1.57. The van der Waals surface area contributed by atoms with Crippen molar-refractivity contribution < 1.29 is 28.2 Å². The van der Waals surface area contributed by atoms with E-state index in [1.54, 1.807) is 31.9 Å². The maximum atomic E-state index is 12.5. The Morgan fingerprint density at radius 3 is 2.43 bits per heavy atom. The zero-order chi connectivity index (χ0) is 20.7. The summed E-state index contributed by atoms with van der Waals surface area (Å²) in [5.41, 5.74) is 1.23. The lowest BCUT2D eigenvalue weighted by atomic mass is 10.2. The number of likely N-dealkylation sites (N-methyl/N-ethyl adjacent to an activating group) is 1. The number of hydrogen-bond acceptors (Lipinski definition) is 6. The smallest absolute Gasteiger partial charge is 0.342 e. The van der Waals surface area contributed by atoms with Crippen LogP contribution in [0.1, 0.15) is 41.3 Å². The molecule has 0 saturated heterocycles. The molecule has 1 aromatic heterocycles. The predicted molar refractivity (Wildman–Crippen MR) is 104 cm³/mol. The van der Waals surface area contributed by atoms with Gasteiger partial charge in [-0.1, -0.05) is 6.07 Å². The van der Waals surface area contributed by atoms with E-state index >= 15 is 0 Å². The number of esters is 1. The molecule has 1 aromatic carbocycles. The standard InChI is InChI=1S/C21H27NO6/c1-6-22(12-16-8-9-18(26-7-2)19(11-16)25-5)20(23)13-27-21(24)17-10-14(3)28-15(17)4/h8-11H,6-7,12-13H2,1-5H3. The molecule has 7 nitrogen and oxygen atoms in total. The average Bonchev–Trinajstić information content (AvgIpc) is 3.03. The molecule has 7 heteroatoms. The Morgan fingerprint density at radius 2 is 1.86 bits per heavy atom. The molecule has 0 N–H and O–H groups in total. The lowest BCUT2D eigenvalue weighted by Gasteiger charge is -2.21. The molecule has 28 heavy (non-hydrogen) atoms. The molecule has 0 spiro atoms. The number of rotatable bonds is 9. The third-order valence-electron chi connectivity index (χ3n) is 4.22. The van der Waals surface area contributed by atoms with Gasteiger partial charge in [-0.15, -0.1) is 0 Å². The minimum absolute atomic E-state index is 0.276. The Balaban J connectivity index is 1.99. The lowest BCUT2D eigenvalue weighted by Crippen LogP contribution is -2.34. The van der Waals surface area contributed by atoms with Gasteiger partial charge < -0.3 is 23.5 Å². The highest BCUT2D eigenvalue weighted by Gasteiger charge is 2.19. The number of carbonyl (C=O) groups excluding carboxylic acids is 2. The van der Waals surface area contributed by atoms with Crippen molar-refractivity contribution in [2.45, 2.75) is 34.2 Å². The van der Waals surface area contributed by atoms with E-state index in [2.05, 4.69) is 0 Å². The molecule has 0 saturated carbocycles. The third-order valence-corrected chi connectivity index (χ3v) is 4.22. The Bertz CT molecular complexity index is 826. The summed E-state index contributed by atoms with van der Waals surface area (Å²) >= 11 is 0. The summed E-state index contributed by atoms with van der Waals surface area (Å²) in [5, 5.41) is 0. The van der Waals surface area contributed by atoms with Gasteiger partial charge in [-0.05, 0) is 51.5 Å². The van der Waals surface area contributed by atoms with Gasteiger partial charge in [0.05, 0.1) is 13.7 Å². The van der Waals surface area contributed by atoms with E-state index in [-0.39, 0.29) is 12.5 Å². The summed E-state index contributed by atoms with van der Waals surface area (Å²) in [6.45, 7) is 8.27. The number of benzene rings is 1. The zero-order valence-corrected chi connectivity index (χ0v) is 17.0. The van der Waals surface area contributed by atoms with Crippen LogP contribution in [0.25, 0.3) is 0 Å². The van der Waals surface area contributed by atoms with Gasteiger partial charge in [-0.3, -0.25) is 4.79 Å². The normalized spacial score (nSPS) is 10.5. The van der Waals surface area contributed by atoms with Crippen molar-refractivity contribution >= 4 is 11.9 Å². The van der Waals surface area contributed by atoms with Gasteiger partial charge in [0, 0.05) is 13.1 Å². The highest BCUT2D eigenvalue weighted by molar-refractivity contribution is 5.92. The Morgan fingerprint density at radius 1 is 1.11 bits per heavy atom. The van der Waals surface area contributed by atoms with Gasteiger partial charge >= 0.3 is 5.97 Å². The van der Waals surface area contributed by atoms with E-state index in [0.29, 0.717) is 48.3 Å². The molecular weight excluding hydrogens is 362 g/mol. The number of furan rings is 1. The first-order valence-electron chi connectivity index (χ1n) is 9.21. The topological polar surface area (TPSA) is 78.2 Å². The largest absolute Gasteiger partial charge is 0.493 e. The molecular formula is C21H27NO6. The van der Waals surface area contributed by atoms with Gasteiger partial charge in [0.15, 0.2) is 18.1 Å². The fraction of sp³-hybridized carbons (Fsp3) is 0.429. The molecule has 0 fully saturated rings. The van der Waals surface area contributed by atoms with E-state index in [0.717, 1.165) is 5.56 Å².